The molecule has 12 heteroatoms. The van der Waals surface area contributed by atoms with Gasteiger partial charge in [0, 0.05) is 51.2 Å². The molecule has 1 N–H and O–H groups in total. The molecule has 0 bridgehead atoms. The first-order valence-corrected chi connectivity index (χ1v) is 13.7. The van der Waals surface area contributed by atoms with E-state index in [1.807, 2.05) is 29.2 Å². The van der Waals surface area contributed by atoms with Crippen molar-refractivity contribution in [2.75, 3.05) is 57.9 Å². The Morgan fingerprint density at radius 1 is 1.18 bits per heavy atom. The van der Waals surface area contributed by atoms with E-state index in [-0.39, 0.29) is 29.7 Å². The van der Waals surface area contributed by atoms with Crippen LogP contribution in [-0.4, -0.2) is 95.4 Å². The summed E-state index contributed by atoms with van der Waals surface area (Å²) < 4.78 is 20.1. The number of thiophene rings is 1. The fraction of sp³-hybridized carbons (Fsp3) is 0.462. The maximum absolute atomic E-state index is 13.4. The van der Waals surface area contributed by atoms with Gasteiger partial charge in [-0.25, -0.2) is 4.39 Å². The minimum absolute atomic E-state index is 0.0731. The van der Waals surface area contributed by atoms with Gasteiger partial charge in [-0.05, 0) is 36.1 Å². The average molecular weight is 542 g/mol. The number of anilines is 1. The predicted octanol–water partition coefficient (Wildman–Crippen LogP) is 2.00. The van der Waals surface area contributed by atoms with Crippen LogP contribution in [0.2, 0.25) is 0 Å². The Morgan fingerprint density at radius 3 is 2.66 bits per heavy atom. The summed E-state index contributed by atoms with van der Waals surface area (Å²) in [5.41, 5.74) is 1.41. The first-order chi connectivity index (χ1) is 18.4. The maximum atomic E-state index is 13.4. The number of amides is 1. The summed E-state index contributed by atoms with van der Waals surface area (Å²) in [6, 6.07) is 7.67. The van der Waals surface area contributed by atoms with Crippen molar-refractivity contribution >= 4 is 29.1 Å². The van der Waals surface area contributed by atoms with Crippen molar-refractivity contribution in [3.63, 3.8) is 0 Å². The number of nitrogens with zero attached hydrogens (tertiary/aromatic N) is 6. The van der Waals surface area contributed by atoms with Crippen LogP contribution < -0.4 is 10.2 Å². The third-order valence-electron chi connectivity index (χ3n) is 7.04. The minimum atomic E-state index is -0.302. The third kappa shape index (κ3) is 5.78. The second-order valence-corrected chi connectivity index (χ2v) is 10.4. The van der Waals surface area contributed by atoms with Gasteiger partial charge in [-0.3, -0.25) is 14.5 Å². The van der Waals surface area contributed by atoms with Crippen LogP contribution in [0.25, 0.3) is 0 Å². The molecule has 0 radical (unpaired) electrons. The molecule has 1 aromatic carbocycles. The van der Waals surface area contributed by atoms with Crippen molar-refractivity contribution in [2.24, 2.45) is 0 Å². The van der Waals surface area contributed by atoms with Crippen LogP contribution in [0.3, 0.4) is 0 Å². The molecule has 10 nitrogen and oxygen atoms in total. The standard InChI is InChI=1S/C26H32FN7O3S/c1-18-23(28-8-9-33(18)16-22(35)32-10-12-37-13-11-32)24-29-26(31(2)15-19-3-5-21(27)6-4-19)34(30-24)25(36)20-7-14-38-17-20/h3-7,14,17-18,23,28H,8-13,15-16H2,1-2H3. The number of ether oxygens (including phenoxy) is 1. The summed E-state index contributed by atoms with van der Waals surface area (Å²) >= 11 is 1.44. The van der Waals surface area contributed by atoms with E-state index >= 15 is 0 Å². The fourth-order valence-corrected chi connectivity index (χ4v) is 5.47. The van der Waals surface area contributed by atoms with Crippen molar-refractivity contribution in [1.82, 2.24) is 29.9 Å². The molecule has 202 valence electrons. The highest BCUT2D eigenvalue weighted by Gasteiger charge is 2.35. The van der Waals surface area contributed by atoms with E-state index in [2.05, 4.69) is 15.3 Å². The normalized spacial score (nSPS) is 20.4. The van der Waals surface area contributed by atoms with Crippen molar-refractivity contribution in [2.45, 2.75) is 25.6 Å². The number of hydrogen-bond donors (Lipinski definition) is 1. The number of hydrogen-bond acceptors (Lipinski definition) is 9. The molecule has 4 heterocycles. The zero-order valence-corrected chi connectivity index (χ0v) is 22.4. The van der Waals surface area contributed by atoms with Crippen LogP contribution in [0, 0.1) is 5.82 Å². The molecule has 1 amide bonds. The summed E-state index contributed by atoms with van der Waals surface area (Å²) in [5.74, 6) is 0.408. The summed E-state index contributed by atoms with van der Waals surface area (Å²) in [7, 11) is 1.83. The molecular weight excluding hydrogens is 509 g/mol. The number of carbonyl (C=O) groups is 2. The molecule has 2 unspecified atom stereocenters. The average Bonchev–Trinajstić information content (AvgIpc) is 3.62. The maximum Gasteiger partial charge on any atom is 0.282 e. The largest absolute Gasteiger partial charge is 0.378 e. The van der Waals surface area contributed by atoms with E-state index in [0.717, 1.165) is 12.1 Å². The third-order valence-corrected chi connectivity index (χ3v) is 7.73. The smallest absolute Gasteiger partial charge is 0.282 e. The predicted molar refractivity (Wildman–Crippen MR) is 142 cm³/mol. The van der Waals surface area contributed by atoms with E-state index in [0.29, 0.717) is 63.3 Å². The lowest BCUT2D eigenvalue weighted by atomic mass is 10.0. The Bertz CT molecular complexity index is 1240. The lowest BCUT2D eigenvalue weighted by Crippen LogP contribution is -2.55. The second-order valence-electron chi connectivity index (χ2n) is 9.62. The van der Waals surface area contributed by atoms with E-state index in [9.17, 15) is 14.0 Å². The van der Waals surface area contributed by atoms with Gasteiger partial charge in [0.05, 0.1) is 31.4 Å². The van der Waals surface area contributed by atoms with Crippen molar-refractivity contribution < 1.29 is 18.7 Å². The summed E-state index contributed by atoms with van der Waals surface area (Å²) in [4.78, 5) is 37.0. The first kappa shape index (κ1) is 26.4. The van der Waals surface area contributed by atoms with Crippen LogP contribution in [0.5, 0.6) is 0 Å². The molecule has 0 spiro atoms. The monoisotopic (exact) mass is 541 g/mol. The summed E-state index contributed by atoms with van der Waals surface area (Å²) in [5, 5.41) is 11.8. The second kappa shape index (κ2) is 11.7. The van der Waals surface area contributed by atoms with Crippen LogP contribution >= 0.6 is 11.3 Å². The number of aromatic nitrogens is 3. The molecule has 0 saturated carbocycles. The van der Waals surface area contributed by atoms with Crippen LogP contribution in [0.4, 0.5) is 10.3 Å². The molecule has 2 atom stereocenters. The van der Waals surface area contributed by atoms with Gasteiger partial charge in [0.15, 0.2) is 5.82 Å². The number of rotatable bonds is 7. The molecule has 2 aliphatic heterocycles. The molecule has 2 aromatic heterocycles. The number of nitrogens with one attached hydrogen (secondary N) is 1. The summed E-state index contributed by atoms with van der Waals surface area (Å²) in [6.45, 7) is 6.53. The molecule has 2 aliphatic rings. The van der Waals surface area contributed by atoms with E-state index in [1.54, 1.807) is 23.6 Å². The number of piperazine rings is 1. The van der Waals surface area contributed by atoms with Gasteiger partial charge in [0.2, 0.25) is 11.9 Å². The summed E-state index contributed by atoms with van der Waals surface area (Å²) in [6.07, 6.45) is 0. The van der Waals surface area contributed by atoms with Gasteiger partial charge in [0.1, 0.15) is 5.82 Å². The minimum Gasteiger partial charge on any atom is -0.378 e. The van der Waals surface area contributed by atoms with Gasteiger partial charge in [-0.2, -0.15) is 21.0 Å². The SMILES string of the molecule is CC1C(c2nc(N(C)Cc3ccc(F)cc3)n(C(=O)c3ccsc3)n2)NCCN1CC(=O)N1CCOCC1. The highest BCUT2D eigenvalue weighted by molar-refractivity contribution is 7.08. The quantitative estimate of drug-likeness (QED) is 0.486. The molecule has 38 heavy (non-hydrogen) atoms. The van der Waals surface area contributed by atoms with E-state index < -0.39 is 0 Å². The Labute approximate surface area is 225 Å². The Hall–Kier alpha value is -3.19. The van der Waals surface area contributed by atoms with Gasteiger partial charge in [-0.15, -0.1) is 5.10 Å². The van der Waals surface area contributed by atoms with Gasteiger partial charge in [-0.1, -0.05) is 12.1 Å². The van der Waals surface area contributed by atoms with Crippen molar-refractivity contribution in [1.29, 1.82) is 0 Å². The molecule has 2 saturated heterocycles. The van der Waals surface area contributed by atoms with Crippen molar-refractivity contribution in [3.05, 3.63) is 63.9 Å². The molecular formula is C26H32FN7O3S. The highest BCUT2D eigenvalue weighted by Crippen LogP contribution is 2.25. The highest BCUT2D eigenvalue weighted by atomic mass is 32.1. The van der Waals surface area contributed by atoms with Crippen LogP contribution in [0.1, 0.15) is 34.7 Å². The number of morpholine rings is 1. The Morgan fingerprint density at radius 2 is 1.95 bits per heavy atom. The molecule has 5 rings (SSSR count). The van der Waals surface area contributed by atoms with Crippen LogP contribution in [-0.2, 0) is 16.1 Å². The zero-order valence-electron chi connectivity index (χ0n) is 21.5. The van der Waals surface area contributed by atoms with E-state index in [4.69, 9.17) is 9.72 Å². The first-order valence-electron chi connectivity index (χ1n) is 12.7. The van der Waals surface area contributed by atoms with Gasteiger partial charge < -0.3 is 19.9 Å². The van der Waals surface area contributed by atoms with E-state index in [1.165, 1.54) is 28.2 Å². The number of benzene rings is 1. The molecule has 0 aliphatic carbocycles. The van der Waals surface area contributed by atoms with Gasteiger partial charge >= 0.3 is 0 Å². The fourth-order valence-electron chi connectivity index (χ4n) is 4.84. The number of halogens is 1. The molecule has 2 fully saturated rings. The van der Waals surface area contributed by atoms with Gasteiger partial charge in [0.25, 0.3) is 5.91 Å². The van der Waals surface area contributed by atoms with Crippen molar-refractivity contribution in [3.8, 4) is 0 Å². The lowest BCUT2D eigenvalue weighted by Gasteiger charge is -2.39. The molecule has 3 aromatic rings. The van der Waals surface area contributed by atoms with Crippen LogP contribution in [0.15, 0.2) is 41.1 Å². The Kier molecular flexibility index (Phi) is 8.12. The lowest BCUT2D eigenvalue weighted by molar-refractivity contribution is -0.137. The Balaban J connectivity index is 1.39. The zero-order chi connectivity index (χ0) is 26.6. The number of carbonyl (C=O) groups excluding carboxylic acids is 2. The topological polar surface area (TPSA) is 95.8 Å².